The first-order valence-corrected chi connectivity index (χ1v) is 8.60. The third-order valence-corrected chi connectivity index (χ3v) is 2.88. The van der Waals surface area contributed by atoms with Gasteiger partial charge >= 0.3 is 17.9 Å². The largest absolute Gasteiger partial charge is 0.462 e. The first-order chi connectivity index (χ1) is 11.1. The second-order valence-electron chi connectivity index (χ2n) is 7.27. The van der Waals surface area contributed by atoms with E-state index in [0.717, 1.165) is 0 Å². The van der Waals surface area contributed by atoms with Gasteiger partial charge in [-0.25, -0.2) is 0 Å². The van der Waals surface area contributed by atoms with Gasteiger partial charge in [-0.05, 0) is 17.8 Å². The fourth-order valence-electron chi connectivity index (χ4n) is 1.84. The van der Waals surface area contributed by atoms with Crippen molar-refractivity contribution in [3.05, 3.63) is 0 Å². The van der Waals surface area contributed by atoms with Crippen molar-refractivity contribution in [2.75, 3.05) is 13.2 Å². The van der Waals surface area contributed by atoms with Crippen LogP contribution in [0, 0.1) is 17.8 Å². The van der Waals surface area contributed by atoms with Crippen LogP contribution in [0.25, 0.3) is 0 Å². The molecule has 6 heteroatoms. The number of hydrogen-bond acceptors (Lipinski definition) is 6. The van der Waals surface area contributed by atoms with E-state index in [2.05, 4.69) is 0 Å². The average molecular weight is 344 g/mol. The Bertz CT molecular complexity index is 374. The summed E-state index contributed by atoms with van der Waals surface area (Å²) >= 11 is 0. The summed E-state index contributed by atoms with van der Waals surface area (Å²) in [7, 11) is 0. The third-order valence-electron chi connectivity index (χ3n) is 2.88. The van der Waals surface area contributed by atoms with Gasteiger partial charge < -0.3 is 14.2 Å². The quantitative estimate of drug-likeness (QED) is 0.423. The van der Waals surface area contributed by atoms with E-state index in [1.54, 1.807) is 0 Å². The Kier molecular flexibility index (Phi) is 11.1. The van der Waals surface area contributed by atoms with E-state index in [4.69, 9.17) is 14.2 Å². The molecular formula is C18H32O6. The lowest BCUT2D eigenvalue weighted by atomic mass is 10.1. The fraction of sp³-hybridized carbons (Fsp3) is 0.833. The van der Waals surface area contributed by atoms with Crippen LogP contribution in [-0.4, -0.2) is 37.2 Å². The van der Waals surface area contributed by atoms with E-state index >= 15 is 0 Å². The Labute approximate surface area is 145 Å². The van der Waals surface area contributed by atoms with Gasteiger partial charge in [0.05, 0.1) is 0 Å². The topological polar surface area (TPSA) is 78.9 Å². The molecule has 0 amide bonds. The molecule has 24 heavy (non-hydrogen) atoms. The zero-order valence-electron chi connectivity index (χ0n) is 15.8. The molecule has 0 spiro atoms. The summed E-state index contributed by atoms with van der Waals surface area (Å²) in [5.41, 5.74) is 0. The van der Waals surface area contributed by atoms with Crippen LogP contribution in [0.15, 0.2) is 0 Å². The smallest absolute Gasteiger partial charge is 0.306 e. The maximum absolute atomic E-state index is 11.8. The molecule has 140 valence electrons. The van der Waals surface area contributed by atoms with Crippen LogP contribution in [0.1, 0.15) is 60.8 Å². The predicted octanol–water partition coefficient (Wildman–Crippen LogP) is 3.12. The van der Waals surface area contributed by atoms with Crippen LogP contribution in [0.2, 0.25) is 0 Å². The highest BCUT2D eigenvalue weighted by atomic mass is 16.6. The second kappa shape index (κ2) is 11.9. The number of hydrogen-bond donors (Lipinski definition) is 0. The fourth-order valence-corrected chi connectivity index (χ4v) is 1.84. The zero-order chi connectivity index (χ0) is 18.7. The molecular weight excluding hydrogens is 312 g/mol. The second-order valence-corrected chi connectivity index (χ2v) is 7.27. The van der Waals surface area contributed by atoms with Crippen molar-refractivity contribution in [2.45, 2.75) is 66.9 Å². The van der Waals surface area contributed by atoms with Crippen molar-refractivity contribution >= 4 is 17.9 Å². The maximum Gasteiger partial charge on any atom is 0.306 e. The van der Waals surface area contributed by atoms with Crippen LogP contribution in [0.4, 0.5) is 0 Å². The van der Waals surface area contributed by atoms with Crippen molar-refractivity contribution in [3.63, 3.8) is 0 Å². The Hall–Kier alpha value is -1.59. The third kappa shape index (κ3) is 12.9. The minimum atomic E-state index is -0.775. The van der Waals surface area contributed by atoms with Crippen molar-refractivity contribution in [1.29, 1.82) is 0 Å². The van der Waals surface area contributed by atoms with Crippen LogP contribution in [0.3, 0.4) is 0 Å². The SMILES string of the molecule is CC(C)CC(=O)OCC(COC(=O)CC(C)C)OC(=O)CC(C)C. The van der Waals surface area contributed by atoms with Gasteiger partial charge in [0, 0.05) is 19.3 Å². The molecule has 0 bridgehead atoms. The van der Waals surface area contributed by atoms with Gasteiger partial charge in [0.2, 0.25) is 0 Å². The molecule has 0 atom stereocenters. The summed E-state index contributed by atoms with van der Waals surface area (Å²) in [6.45, 7) is 11.2. The first-order valence-electron chi connectivity index (χ1n) is 8.60. The van der Waals surface area contributed by atoms with E-state index in [1.165, 1.54) is 0 Å². The molecule has 0 aliphatic rings. The molecule has 0 aliphatic carbocycles. The summed E-state index contributed by atoms with van der Waals surface area (Å²) in [6.07, 6.45) is 0.0687. The highest BCUT2D eigenvalue weighted by Gasteiger charge is 2.20. The molecule has 0 radical (unpaired) electrons. The predicted molar refractivity (Wildman–Crippen MR) is 90.2 cm³/mol. The highest BCUT2D eigenvalue weighted by molar-refractivity contribution is 5.71. The van der Waals surface area contributed by atoms with Crippen molar-refractivity contribution in [3.8, 4) is 0 Å². The number of esters is 3. The molecule has 0 aromatic heterocycles. The Morgan fingerprint density at radius 2 is 0.958 bits per heavy atom. The minimum Gasteiger partial charge on any atom is -0.462 e. The molecule has 6 nitrogen and oxygen atoms in total. The summed E-state index contributed by atoms with van der Waals surface area (Å²) < 4.78 is 15.5. The minimum absolute atomic E-state index is 0.107. The van der Waals surface area contributed by atoms with Crippen LogP contribution in [0.5, 0.6) is 0 Å². The summed E-state index contributed by atoms with van der Waals surface area (Å²) in [5, 5.41) is 0. The Morgan fingerprint density at radius 3 is 1.29 bits per heavy atom. The molecule has 0 aromatic carbocycles. The molecule has 0 saturated heterocycles. The highest BCUT2D eigenvalue weighted by Crippen LogP contribution is 2.08. The molecule has 0 aliphatic heterocycles. The normalized spacial score (nSPS) is 11.2. The van der Waals surface area contributed by atoms with E-state index in [1.807, 2.05) is 41.5 Å². The molecule has 0 rings (SSSR count). The molecule has 0 N–H and O–H groups in total. The van der Waals surface area contributed by atoms with Gasteiger partial charge in [-0.1, -0.05) is 41.5 Å². The van der Waals surface area contributed by atoms with Gasteiger partial charge in [-0.2, -0.15) is 0 Å². The summed E-state index contributed by atoms with van der Waals surface area (Å²) in [5.74, 6) is -0.585. The number of carbonyl (C=O) groups is 3. The summed E-state index contributed by atoms with van der Waals surface area (Å²) in [4.78, 5) is 35.1. The average Bonchev–Trinajstić information content (AvgIpc) is 2.39. The Morgan fingerprint density at radius 1 is 0.625 bits per heavy atom. The monoisotopic (exact) mass is 344 g/mol. The molecule has 0 saturated carbocycles. The summed E-state index contributed by atoms with van der Waals surface area (Å²) in [6, 6.07) is 0. The number of rotatable bonds is 11. The maximum atomic E-state index is 11.8. The van der Waals surface area contributed by atoms with E-state index in [-0.39, 0.29) is 49.3 Å². The van der Waals surface area contributed by atoms with Crippen LogP contribution in [-0.2, 0) is 28.6 Å². The van der Waals surface area contributed by atoms with Gasteiger partial charge in [0.1, 0.15) is 13.2 Å². The Balaban J connectivity index is 4.50. The van der Waals surface area contributed by atoms with Crippen LogP contribution >= 0.6 is 0 Å². The van der Waals surface area contributed by atoms with Crippen LogP contribution < -0.4 is 0 Å². The van der Waals surface area contributed by atoms with Gasteiger partial charge in [-0.15, -0.1) is 0 Å². The van der Waals surface area contributed by atoms with E-state index in [0.29, 0.717) is 12.8 Å². The molecule has 0 fully saturated rings. The standard InChI is InChI=1S/C18H32O6/c1-12(2)7-16(19)22-10-15(24-18(21)9-14(5)6)11-23-17(20)8-13(3)4/h12-15H,7-11H2,1-6H3. The van der Waals surface area contributed by atoms with E-state index < -0.39 is 12.1 Å². The zero-order valence-corrected chi connectivity index (χ0v) is 15.8. The van der Waals surface area contributed by atoms with Gasteiger partial charge in [0.25, 0.3) is 0 Å². The lowest BCUT2D eigenvalue weighted by Gasteiger charge is -2.19. The molecule has 0 unspecified atom stereocenters. The van der Waals surface area contributed by atoms with Gasteiger partial charge in [0.15, 0.2) is 6.10 Å². The van der Waals surface area contributed by atoms with Crippen molar-refractivity contribution in [1.82, 2.24) is 0 Å². The molecule has 0 aromatic rings. The lowest BCUT2D eigenvalue weighted by Crippen LogP contribution is -2.31. The van der Waals surface area contributed by atoms with E-state index in [9.17, 15) is 14.4 Å². The van der Waals surface area contributed by atoms with Gasteiger partial charge in [-0.3, -0.25) is 14.4 Å². The lowest BCUT2D eigenvalue weighted by molar-refractivity contribution is -0.167. The van der Waals surface area contributed by atoms with Crippen molar-refractivity contribution in [2.24, 2.45) is 17.8 Å². The number of carbonyl (C=O) groups excluding carboxylic acids is 3. The molecule has 0 heterocycles. The number of ether oxygens (including phenoxy) is 3. The van der Waals surface area contributed by atoms with Crippen molar-refractivity contribution < 1.29 is 28.6 Å². The first kappa shape index (κ1) is 22.4.